The molecule has 0 fully saturated rings. The Balaban J connectivity index is 1.61. The summed E-state index contributed by atoms with van der Waals surface area (Å²) in [5, 5.41) is 7.70. The Kier molecular flexibility index (Phi) is 5.38. The number of hydrogen-bond acceptors (Lipinski definition) is 5. The molecule has 0 saturated heterocycles. The fourth-order valence-electron chi connectivity index (χ4n) is 2.65. The zero-order valence-electron chi connectivity index (χ0n) is 14.8. The van der Waals surface area contributed by atoms with Crippen LogP contribution in [0.25, 0.3) is 5.69 Å². The van der Waals surface area contributed by atoms with Gasteiger partial charge in [0.1, 0.15) is 12.4 Å². The number of aromatic nitrogens is 2. The van der Waals surface area contributed by atoms with Crippen molar-refractivity contribution in [1.29, 1.82) is 0 Å². The number of nitrogens with zero attached hydrogens (tertiary/aromatic N) is 3. The average molecular weight is 396 g/mol. The van der Waals surface area contributed by atoms with Crippen molar-refractivity contribution >= 4 is 22.8 Å². The van der Waals surface area contributed by atoms with Crippen molar-refractivity contribution in [2.24, 2.45) is 4.99 Å². The normalized spacial score (nSPS) is 13.2. The third kappa shape index (κ3) is 4.23. The third-order valence-corrected chi connectivity index (χ3v) is 4.92. The minimum absolute atomic E-state index is 0.149. The molecule has 0 atom stereocenters. The molecule has 0 spiro atoms. The maximum Gasteiger partial charge on any atom is 0.281 e. The number of hydrogen-bond donors (Lipinski definition) is 1. The number of aliphatic imine (C=N–C) groups is 1. The third-order valence-electron chi connectivity index (χ3n) is 4.03. The first-order valence-corrected chi connectivity index (χ1v) is 9.68. The Labute approximate surface area is 165 Å². The number of rotatable bonds is 5. The lowest BCUT2D eigenvalue weighted by Gasteiger charge is -2.06. The maximum absolute atomic E-state index is 13.2. The van der Waals surface area contributed by atoms with Gasteiger partial charge in [-0.15, -0.1) is 0 Å². The largest absolute Gasteiger partial charge is 0.485 e. The van der Waals surface area contributed by atoms with E-state index in [0.717, 1.165) is 11.3 Å². The molecule has 1 N–H and O–H groups in total. The van der Waals surface area contributed by atoms with E-state index in [0.29, 0.717) is 29.8 Å². The lowest BCUT2D eigenvalue weighted by Crippen LogP contribution is -2.28. The van der Waals surface area contributed by atoms with Crippen molar-refractivity contribution in [2.75, 3.05) is 12.3 Å². The molecule has 0 bridgehead atoms. The van der Waals surface area contributed by atoms with Crippen LogP contribution in [0.4, 0.5) is 4.39 Å². The minimum atomic E-state index is -0.392. The fourth-order valence-corrected chi connectivity index (χ4v) is 3.37. The molecule has 1 aromatic heterocycles. The summed E-state index contributed by atoms with van der Waals surface area (Å²) in [6, 6.07) is 15.5. The molecular weight excluding hydrogens is 379 g/mol. The van der Waals surface area contributed by atoms with Gasteiger partial charge in [0.05, 0.1) is 18.4 Å². The lowest BCUT2D eigenvalue weighted by atomic mass is 10.2. The van der Waals surface area contributed by atoms with Crippen LogP contribution in [0.15, 0.2) is 65.8 Å². The van der Waals surface area contributed by atoms with Crippen molar-refractivity contribution < 1.29 is 13.9 Å². The summed E-state index contributed by atoms with van der Waals surface area (Å²) in [6.45, 7) is 0.980. The van der Waals surface area contributed by atoms with Gasteiger partial charge in [-0.25, -0.2) is 9.07 Å². The Morgan fingerprint density at radius 3 is 2.68 bits per heavy atom. The first-order valence-electron chi connectivity index (χ1n) is 8.70. The van der Waals surface area contributed by atoms with Crippen molar-refractivity contribution in [1.82, 2.24) is 15.1 Å². The van der Waals surface area contributed by atoms with Crippen LogP contribution in [-0.4, -0.2) is 33.2 Å². The van der Waals surface area contributed by atoms with Gasteiger partial charge < -0.3 is 4.74 Å². The van der Waals surface area contributed by atoms with E-state index >= 15 is 0 Å². The van der Waals surface area contributed by atoms with Gasteiger partial charge in [0.2, 0.25) is 0 Å². The highest BCUT2D eigenvalue weighted by atomic mass is 32.2. The van der Waals surface area contributed by atoms with Gasteiger partial charge in [-0.2, -0.15) is 5.10 Å². The van der Waals surface area contributed by atoms with E-state index in [4.69, 9.17) is 4.74 Å². The molecule has 0 radical (unpaired) electrons. The molecule has 28 heavy (non-hydrogen) atoms. The monoisotopic (exact) mass is 396 g/mol. The van der Waals surface area contributed by atoms with Gasteiger partial charge in [-0.1, -0.05) is 42.1 Å². The molecule has 0 saturated carbocycles. The van der Waals surface area contributed by atoms with Gasteiger partial charge in [-0.3, -0.25) is 15.1 Å². The summed E-state index contributed by atoms with van der Waals surface area (Å²) < 4.78 is 20.6. The molecule has 1 aliphatic heterocycles. The van der Waals surface area contributed by atoms with Gasteiger partial charge >= 0.3 is 0 Å². The first-order chi connectivity index (χ1) is 13.7. The van der Waals surface area contributed by atoms with Crippen molar-refractivity contribution in [2.45, 2.75) is 6.61 Å². The van der Waals surface area contributed by atoms with E-state index in [1.807, 2.05) is 30.3 Å². The summed E-state index contributed by atoms with van der Waals surface area (Å²) in [4.78, 5) is 16.9. The average Bonchev–Trinajstić information content (AvgIpc) is 3.37. The molecule has 2 aromatic carbocycles. The second-order valence-electron chi connectivity index (χ2n) is 6.03. The molecule has 0 unspecified atom stereocenters. The van der Waals surface area contributed by atoms with Crippen LogP contribution in [0, 0.1) is 5.82 Å². The maximum atomic E-state index is 13.2. The number of carbonyl (C=O) groups is 1. The summed E-state index contributed by atoms with van der Waals surface area (Å²) >= 11 is 1.49. The van der Waals surface area contributed by atoms with Crippen LogP contribution in [0.2, 0.25) is 0 Å². The van der Waals surface area contributed by atoms with Crippen LogP contribution in [-0.2, 0) is 6.61 Å². The predicted molar refractivity (Wildman–Crippen MR) is 107 cm³/mol. The molecule has 1 amide bonds. The Hall–Kier alpha value is -3.13. The molecule has 8 heteroatoms. The summed E-state index contributed by atoms with van der Waals surface area (Å²) in [5.74, 6) is 0.453. The molecule has 6 nitrogen and oxygen atoms in total. The van der Waals surface area contributed by atoms with Gasteiger partial charge in [0.15, 0.2) is 16.6 Å². The van der Waals surface area contributed by atoms with Crippen molar-refractivity contribution in [3.05, 3.63) is 77.9 Å². The highest BCUT2D eigenvalue weighted by Gasteiger charge is 2.21. The summed E-state index contributed by atoms with van der Waals surface area (Å²) in [6.07, 6.45) is 1.62. The molecule has 0 aliphatic carbocycles. The first kappa shape index (κ1) is 18.2. The van der Waals surface area contributed by atoms with Crippen molar-refractivity contribution in [3.8, 4) is 11.4 Å². The number of benzene rings is 2. The quantitative estimate of drug-likeness (QED) is 0.718. The van der Waals surface area contributed by atoms with E-state index < -0.39 is 5.91 Å². The van der Waals surface area contributed by atoms with Crippen LogP contribution in [0.1, 0.15) is 16.1 Å². The standard InChI is InChI=1S/C20H17FN4O2S/c21-15-6-8-16(9-7-15)25-12-17(27-13-14-4-2-1-3-5-14)18(24-25)19(26)23-20-22-10-11-28-20/h1-9,12H,10-11,13H2,(H,22,23,26). The Morgan fingerprint density at radius 1 is 1.18 bits per heavy atom. The van der Waals surface area contributed by atoms with Gasteiger partial charge in [0.25, 0.3) is 5.91 Å². The van der Waals surface area contributed by atoms with E-state index in [1.54, 1.807) is 18.3 Å². The summed E-state index contributed by atoms with van der Waals surface area (Å²) in [7, 11) is 0. The fraction of sp³-hybridized carbons (Fsp3) is 0.150. The summed E-state index contributed by atoms with van der Waals surface area (Å²) in [5.41, 5.74) is 1.74. The number of ether oxygens (including phenoxy) is 1. The predicted octanol–water partition coefficient (Wildman–Crippen LogP) is 3.42. The van der Waals surface area contributed by atoms with Gasteiger partial charge in [0, 0.05) is 5.75 Å². The number of halogens is 1. The molecule has 142 valence electrons. The van der Waals surface area contributed by atoms with E-state index in [1.165, 1.54) is 28.6 Å². The number of amidine groups is 1. The number of amides is 1. The van der Waals surface area contributed by atoms with Crippen LogP contribution < -0.4 is 10.1 Å². The zero-order chi connectivity index (χ0) is 19.3. The molecule has 4 rings (SSSR count). The van der Waals surface area contributed by atoms with E-state index in [9.17, 15) is 9.18 Å². The SMILES string of the molecule is O=C(NC1=NCCS1)c1nn(-c2ccc(F)cc2)cc1OCc1ccccc1. The van der Waals surface area contributed by atoms with E-state index in [-0.39, 0.29) is 11.5 Å². The number of carbonyl (C=O) groups excluding carboxylic acids is 1. The minimum Gasteiger partial charge on any atom is -0.485 e. The molecular formula is C20H17FN4O2S. The Morgan fingerprint density at radius 2 is 1.96 bits per heavy atom. The second kappa shape index (κ2) is 8.26. The van der Waals surface area contributed by atoms with Crippen LogP contribution >= 0.6 is 11.8 Å². The topological polar surface area (TPSA) is 68.5 Å². The zero-order valence-corrected chi connectivity index (χ0v) is 15.7. The number of nitrogens with one attached hydrogen (secondary N) is 1. The van der Waals surface area contributed by atoms with Crippen LogP contribution in [0.5, 0.6) is 5.75 Å². The van der Waals surface area contributed by atoms with E-state index in [2.05, 4.69) is 15.4 Å². The highest BCUT2D eigenvalue weighted by molar-refractivity contribution is 8.14. The number of thioether (sulfide) groups is 1. The highest BCUT2D eigenvalue weighted by Crippen LogP contribution is 2.22. The van der Waals surface area contributed by atoms with Crippen molar-refractivity contribution in [3.63, 3.8) is 0 Å². The molecule has 3 aromatic rings. The smallest absolute Gasteiger partial charge is 0.281 e. The van der Waals surface area contributed by atoms with Crippen LogP contribution in [0.3, 0.4) is 0 Å². The second-order valence-corrected chi connectivity index (χ2v) is 7.11. The van der Waals surface area contributed by atoms with Gasteiger partial charge in [-0.05, 0) is 29.8 Å². The molecule has 1 aliphatic rings. The lowest BCUT2D eigenvalue weighted by molar-refractivity contribution is 0.0968. The molecule has 2 heterocycles. The Bertz CT molecular complexity index is 1000.